The van der Waals surface area contributed by atoms with Gasteiger partial charge in [-0.25, -0.2) is 8.78 Å². The summed E-state index contributed by atoms with van der Waals surface area (Å²) < 4.78 is 31.5. The van der Waals surface area contributed by atoms with Gasteiger partial charge in [-0.05, 0) is 18.4 Å². The summed E-state index contributed by atoms with van der Waals surface area (Å²) in [7, 11) is 0. The lowest BCUT2D eigenvalue weighted by molar-refractivity contribution is 0.118. The normalized spacial score (nSPS) is 12.9. The van der Waals surface area contributed by atoms with E-state index in [4.69, 9.17) is 4.74 Å². The molecule has 1 aromatic carbocycles. The monoisotopic (exact) mass is 287 g/mol. The van der Waals surface area contributed by atoms with Crippen molar-refractivity contribution in [1.82, 2.24) is 5.32 Å². The number of rotatable bonds is 9. The Kier molecular flexibility index (Phi) is 7.65. The summed E-state index contributed by atoms with van der Waals surface area (Å²) in [6.45, 7) is 6.32. The highest BCUT2D eigenvalue weighted by molar-refractivity contribution is 5.21. The minimum Gasteiger partial charge on any atom is -0.387 e. The van der Waals surface area contributed by atoms with Gasteiger partial charge in [0.2, 0.25) is 0 Å². The van der Waals surface area contributed by atoms with Crippen molar-refractivity contribution in [3.8, 4) is 0 Å². The fourth-order valence-corrected chi connectivity index (χ4v) is 1.69. The quantitative estimate of drug-likeness (QED) is 0.686. The molecule has 1 atom stereocenters. The molecule has 1 unspecified atom stereocenters. The molecule has 0 aliphatic rings. The van der Waals surface area contributed by atoms with E-state index in [-0.39, 0.29) is 12.1 Å². The lowest BCUT2D eigenvalue weighted by Gasteiger charge is -2.13. The van der Waals surface area contributed by atoms with Crippen LogP contribution in [0.3, 0.4) is 0 Å². The zero-order valence-electron chi connectivity index (χ0n) is 12.0. The summed E-state index contributed by atoms with van der Waals surface area (Å²) in [6, 6.07) is 3.17. The molecule has 1 rings (SSSR count). The van der Waals surface area contributed by atoms with Crippen LogP contribution in [0.25, 0.3) is 0 Å². The van der Waals surface area contributed by atoms with Gasteiger partial charge < -0.3 is 15.2 Å². The molecule has 2 N–H and O–H groups in total. The summed E-state index contributed by atoms with van der Waals surface area (Å²) in [5.41, 5.74) is 0.0969. The molecule has 3 nitrogen and oxygen atoms in total. The number of ether oxygens (including phenoxy) is 1. The van der Waals surface area contributed by atoms with E-state index in [1.54, 1.807) is 0 Å². The first kappa shape index (κ1) is 17.0. The SMILES string of the molecule is CC(C)CCOCCNCC(O)c1ccc(F)cc1F. The Bertz CT molecular complexity index is 399. The third kappa shape index (κ3) is 6.41. The first-order valence-electron chi connectivity index (χ1n) is 6.92. The molecule has 0 saturated carbocycles. The molecular formula is C15H23F2NO2. The highest BCUT2D eigenvalue weighted by Gasteiger charge is 2.12. The van der Waals surface area contributed by atoms with Crippen LogP contribution < -0.4 is 5.32 Å². The number of nitrogens with one attached hydrogen (secondary N) is 1. The Morgan fingerprint density at radius 3 is 2.65 bits per heavy atom. The van der Waals surface area contributed by atoms with Crippen LogP contribution in [0.15, 0.2) is 18.2 Å². The minimum atomic E-state index is -0.994. The van der Waals surface area contributed by atoms with Crippen molar-refractivity contribution in [1.29, 1.82) is 0 Å². The van der Waals surface area contributed by atoms with Crippen LogP contribution in [-0.4, -0.2) is 31.4 Å². The van der Waals surface area contributed by atoms with Crippen LogP contribution in [-0.2, 0) is 4.74 Å². The van der Waals surface area contributed by atoms with E-state index in [1.165, 1.54) is 6.07 Å². The Morgan fingerprint density at radius 1 is 1.25 bits per heavy atom. The fourth-order valence-electron chi connectivity index (χ4n) is 1.69. The van der Waals surface area contributed by atoms with E-state index in [0.29, 0.717) is 25.7 Å². The first-order valence-corrected chi connectivity index (χ1v) is 6.92. The highest BCUT2D eigenvalue weighted by atomic mass is 19.1. The van der Waals surface area contributed by atoms with Gasteiger partial charge in [-0.1, -0.05) is 19.9 Å². The van der Waals surface area contributed by atoms with Crippen molar-refractivity contribution in [2.45, 2.75) is 26.4 Å². The van der Waals surface area contributed by atoms with Crippen molar-refractivity contribution in [2.75, 3.05) is 26.3 Å². The Morgan fingerprint density at radius 2 is 2.00 bits per heavy atom. The molecule has 0 radical (unpaired) electrons. The number of halogens is 2. The van der Waals surface area contributed by atoms with Gasteiger partial charge in [-0.15, -0.1) is 0 Å². The number of hydrogen-bond acceptors (Lipinski definition) is 3. The zero-order chi connectivity index (χ0) is 15.0. The van der Waals surface area contributed by atoms with Crippen LogP contribution in [0.1, 0.15) is 31.9 Å². The number of aliphatic hydroxyl groups excluding tert-OH is 1. The molecule has 0 aliphatic heterocycles. The minimum absolute atomic E-state index is 0.0969. The van der Waals surface area contributed by atoms with Crippen molar-refractivity contribution < 1.29 is 18.6 Å². The summed E-state index contributed by atoms with van der Waals surface area (Å²) in [4.78, 5) is 0. The molecule has 0 aromatic heterocycles. The number of hydrogen-bond donors (Lipinski definition) is 2. The van der Waals surface area contributed by atoms with Gasteiger partial charge >= 0.3 is 0 Å². The summed E-state index contributed by atoms with van der Waals surface area (Å²) >= 11 is 0. The smallest absolute Gasteiger partial charge is 0.131 e. The molecule has 0 spiro atoms. The van der Waals surface area contributed by atoms with Gasteiger partial charge in [-0.2, -0.15) is 0 Å². The van der Waals surface area contributed by atoms with Gasteiger partial charge in [0.15, 0.2) is 0 Å². The van der Waals surface area contributed by atoms with Gasteiger partial charge in [-0.3, -0.25) is 0 Å². The molecule has 20 heavy (non-hydrogen) atoms. The summed E-state index contributed by atoms with van der Waals surface area (Å²) in [5, 5.41) is 12.8. The van der Waals surface area contributed by atoms with E-state index < -0.39 is 17.7 Å². The molecule has 0 aliphatic carbocycles. The molecule has 0 bridgehead atoms. The molecular weight excluding hydrogens is 264 g/mol. The summed E-state index contributed by atoms with van der Waals surface area (Å²) in [6.07, 6.45) is 0.0231. The third-order valence-electron chi connectivity index (χ3n) is 2.92. The van der Waals surface area contributed by atoms with Crippen LogP contribution in [0.5, 0.6) is 0 Å². The Labute approximate surface area is 119 Å². The second-order valence-corrected chi connectivity index (χ2v) is 5.18. The lowest BCUT2D eigenvalue weighted by Crippen LogP contribution is -2.26. The van der Waals surface area contributed by atoms with E-state index in [1.807, 2.05) is 0 Å². The van der Waals surface area contributed by atoms with E-state index in [9.17, 15) is 13.9 Å². The van der Waals surface area contributed by atoms with E-state index in [0.717, 1.165) is 18.6 Å². The van der Waals surface area contributed by atoms with Crippen molar-refractivity contribution >= 4 is 0 Å². The van der Waals surface area contributed by atoms with Gasteiger partial charge in [0.1, 0.15) is 11.6 Å². The maximum absolute atomic E-state index is 13.4. The van der Waals surface area contributed by atoms with E-state index in [2.05, 4.69) is 19.2 Å². The second-order valence-electron chi connectivity index (χ2n) is 5.18. The predicted molar refractivity (Wildman–Crippen MR) is 74.5 cm³/mol. The average molecular weight is 287 g/mol. The maximum Gasteiger partial charge on any atom is 0.131 e. The largest absolute Gasteiger partial charge is 0.387 e. The van der Waals surface area contributed by atoms with Crippen molar-refractivity contribution in [2.24, 2.45) is 5.92 Å². The lowest BCUT2D eigenvalue weighted by atomic mass is 10.1. The van der Waals surface area contributed by atoms with Gasteiger partial charge in [0, 0.05) is 31.3 Å². The van der Waals surface area contributed by atoms with Crippen LogP contribution in [0, 0.1) is 17.6 Å². The fraction of sp³-hybridized carbons (Fsp3) is 0.600. The molecule has 0 saturated heterocycles. The second kappa shape index (κ2) is 9.00. The van der Waals surface area contributed by atoms with Crippen molar-refractivity contribution in [3.05, 3.63) is 35.4 Å². The first-order chi connectivity index (χ1) is 9.50. The standard InChI is InChI=1S/C15H23F2NO2/c1-11(2)5-7-20-8-6-18-10-15(19)13-4-3-12(16)9-14(13)17/h3-4,9,11,15,18-19H,5-8,10H2,1-2H3. The number of benzene rings is 1. The molecule has 1 aromatic rings. The summed E-state index contributed by atoms with van der Waals surface area (Å²) in [5.74, 6) is -0.760. The molecule has 0 amide bonds. The Hall–Kier alpha value is -1.04. The molecule has 0 fully saturated rings. The predicted octanol–water partition coefficient (Wildman–Crippen LogP) is 2.65. The Balaban J connectivity index is 2.18. The average Bonchev–Trinajstić information content (AvgIpc) is 2.37. The van der Waals surface area contributed by atoms with Gasteiger partial charge in [0.25, 0.3) is 0 Å². The van der Waals surface area contributed by atoms with Crippen LogP contribution >= 0.6 is 0 Å². The zero-order valence-corrected chi connectivity index (χ0v) is 12.0. The van der Waals surface area contributed by atoms with Gasteiger partial charge in [0.05, 0.1) is 12.7 Å². The van der Waals surface area contributed by atoms with E-state index >= 15 is 0 Å². The maximum atomic E-state index is 13.4. The molecule has 0 heterocycles. The topological polar surface area (TPSA) is 41.5 Å². The van der Waals surface area contributed by atoms with Crippen molar-refractivity contribution in [3.63, 3.8) is 0 Å². The highest BCUT2D eigenvalue weighted by Crippen LogP contribution is 2.17. The molecule has 114 valence electrons. The van der Waals surface area contributed by atoms with Crippen LogP contribution in [0.2, 0.25) is 0 Å². The number of aliphatic hydroxyl groups is 1. The van der Waals surface area contributed by atoms with Crippen LogP contribution in [0.4, 0.5) is 8.78 Å². The molecule has 5 heteroatoms. The third-order valence-corrected chi connectivity index (χ3v) is 2.92.